The van der Waals surface area contributed by atoms with Crippen molar-refractivity contribution in [2.45, 2.75) is 31.7 Å². The van der Waals surface area contributed by atoms with Gasteiger partial charge in [0.15, 0.2) is 5.69 Å². The summed E-state index contributed by atoms with van der Waals surface area (Å²) >= 11 is 0. The molecule has 5 heteroatoms. The van der Waals surface area contributed by atoms with Gasteiger partial charge in [-0.2, -0.15) is 5.10 Å². The van der Waals surface area contributed by atoms with Gasteiger partial charge in [-0.15, -0.1) is 0 Å². The first-order chi connectivity index (χ1) is 11.6. The number of nitrogens with zero attached hydrogens (tertiary/aromatic N) is 2. The predicted molar refractivity (Wildman–Crippen MR) is 91.9 cm³/mol. The van der Waals surface area contributed by atoms with E-state index in [2.05, 4.69) is 10.4 Å². The minimum Gasteiger partial charge on any atom is -0.497 e. The maximum atomic E-state index is 12.6. The zero-order chi connectivity index (χ0) is 16.7. The van der Waals surface area contributed by atoms with Gasteiger partial charge in [-0.3, -0.25) is 9.48 Å². The Labute approximate surface area is 142 Å². The zero-order valence-corrected chi connectivity index (χ0v) is 14.2. The number of aryl methyl sites for hydroxylation is 1. The molecule has 0 aliphatic heterocycles. The van der Waals surface area contributed by atoms with E-state index >= 15 is 0 Å². The van der Waals surface area contributed by atoms with E-state index < -0.39 is 0 Å². The van der Waals surface area contributed by atoms with Gasteiger partial charge >= 0.3 is 0 Å². The van der Waals surface area contributed by atoms with Crippen LogP contribution in [0.5, 0.6) is 5.75 Å². The quantitative estimate of drug-likeness (QED) is 0.940. The average Bonchev–Trinajstić information content (AvgIpc) is 3.30. The number of hydrogen-bond donors (Lipinski definition) is 1. The van der Waals surface area contributed by atoms with E-state index in [1.54, 1.807) is 11.8 Å². The Morgan fingerprint density at radius 1 is 1.29 bits per heavy atom. The average molecular weight is 325 g/mol. The number of ether oxygens (including phenoxy) is 1. The van der Waals surface area contributed by atoms with E-state index in [0.717, 1.165) is 29.3 Å². The summed E-state index contributed by atoms with van der Waals surface area (Å²) < 4.78 is 7.03. The predicted octanol–water partition coefficient (Wildman–Crippen LogP) is 3.01. The molecule has 5 nitrogen and oxygen atoms in total. The maximum absolute atomic E-state index is 12.6. The van der Waals surface area contributed by atoms with Crippen molar-refractivity contribution in [3.63, 3.8) is 0 Å². The van der Waals surface area contributed by atoms with Gasteiger partial charge in [0.25, 0.3) is 5.91 Å². The van der Waals surface area contributed by atoms with Crippen LogP contribution in [0.1, 0.15) is 36.2 Å². The van der Waals surface area contributed by atoms with Crippen molar-refractivity contribution in [3.8, 4) is 17.0 Å². The largest absolute Gasteiger partial charge is 0.497 e. The highest BCUT2D eigenvalue weighted by molar-refractivity contribution is 5.93. The lowest BCUT2D eigenvalue weighted by atomic mass is 9.95. The molecule has 2 saturated carbocycles. The lowest BCUT2D eigenvalue weighted by molar-refractivity contribution is 0.0917. The summed E-state index contributed by atoms with van der Waals surface area (Å²) in [4.78, 5) is 12.6. The summed E-state index contributed by atoms with van der Waals surface area (Å²) in [5, 5.41) is 7.61. The lowest BCUT2D eigenvalue weighted by Crippen LogP contribution is -2.38. The molecule has 1 N–H and O–H groups in total. The number of benzene rings is 1. The third-order valence-corrected chi connectivity index (χ3v) is 5.53. The second kappa shape index (κ2) is 5.96. The van der Waals surface area contributed by atoms with Crippen molar-refractivity contribution >= 4 is 5.91 Å². The van der Waals surface area contributed by atoms with Gasteiger partial charge in [-0.05, 0) is 49.3 Å². The van der Waals surface area contributed by atoms with Crippen LogP contribution in [0.15, 0.2) is 30.3 Å². The zero-order valence-electron chi connectivity index (χ0n) is 14.2. The molecule has 24 heavy (non-hydrogen) atoms. The second-order valence-electron chi connectivity index (χ2n) is 7.03. The monoisotopic (exact) mass is 325 g/mol. The van der Waals surface area contributed by atoms with E-state index in [0.29, 0.717) is 17.7 Å². The third-order valence-electron chi connectivity index (χ3n) is 5.53. The van der Waals surface area contributed by atoms with Crippen LogP contribution < -0.4 is 10.1 Å². The van der Waals surface area contributed by atoms with Gasteiger partial charge in [0.2, 0.25) is 0 Å². The van der Waals surface area contributed by atoms with Gasteiger partial charge in [-0.1, -0.05) is 18.6 Å². The molecule has 0 radical (unpaired) electrons. The normalized spacial score (nSPS) is 25.0. The molecule has 2 aliphatic carbocycles. The number of nitrogens with one attached hydrogen (secondary N) is 1. The molecule has 1 aromatic heterocycles. The molecule has 1 aromatic carbocycles. The van der Waals surface area contributed by atoms with Gasteiger partial charge in [0, 0.05) is 18.7 Å². The summed E-state index contributed by atoms with van der Waals surface area (Å²) in [5.41, 5.74) is 2.38. The van der Waals surface area contributed by atoms with E-state index in [1.165, 1.54) is 19.3 Å². The fourth-order valence-corrected chi connectivity index (χ4v) is 4.29. The van der Waals surface area contributed by atoms with Crippen molar-refractivity contribution < 1.29 is 9.53 Å². The molecule has 3 atom stereocenters. The smallest absolute Gasteiger partial charge is 0.272 e. The highest BCUT2D eigenvalue weighted by Crippen LogP contribution is 2.44. The Kier molecular flexibility index (Phi) is 3.79. The first-order valence-corrected chi connectivity index (χ1v) is 8.63. The number of rotatable bonds is 4. The van der Waals surface area contributed by atoms with Crippen LogP contribution >= 0.6 is 0 Å². The molecule has 2 aliphatic rings. The van der Waals surface area contributed by atoms with Crippen LogP contribution in [0.25, 0.3) is 11.3 Å². The standard InChI is InChI=1S/C19H23N3O2/c1-22-18(14-4-3-5-15(10-14)24-2)11-17(21-22)19(23)20-16-9-12-6-7-13(16)8-12/h3-5,10-13,16H,6-9H2,1-2H3,(H,20,23). The molecular weight excluding hydrogens is 302 g/mol. The van der Waals surface area contributed by atoms with Crippen LogP contribution in [-0.4, -0.2) is 28.8 Å². The van der Waals surface area contributed by atoms with Gasteiger partial charge in [0.1, 0.15) is 5.75 Å². The Bertz CT molecular complexity index is 768. The van der Waals surface area contributed by atoms with Crippen molar-refractivity contribution in [1.82, 2.24) is 15.1 Å². The van der Waals surface area contributed by atoms with E-state index in [-0.39, 0.29) is 5.91 Å². The lowest BCUT2D eigenvalue weighted by Gasteiger charge is -2.22. The minimum absolute atomic E-state index is 0.0581. The molecule has 4 rings (SSSR count). The number of methoxy groups -OCH3 is 1. The summed E-state index contributed by atoms with van der Waals surface area (Å²) in [6, 6.07) is 9.99. The molecule has 0 spiro atoms. The number of aromatic nitrogens is 2. The molecule has 2 bridgehead atoms. The van der Waals surface area contributed by atoms with Crippen LogP contribution in [0, 0.1) is 11.8 Å². The number of carbonyl (C=O) groups is 1. The van der Waals surface area contributed by atoms with Crippen LogP contribution in [0.4, 0.5) is 0 Å². The topological polar surface area (TPSA) is 56.1 Å². The van der Waals surface area contributed by atoms with Crippen molar-refractivity contribution in [2.24, 2.45) is 18.9 Å². The number of fused-ring (bicyclic) bond motifs is 2. The van der Waals surface area contributed by atoms with Gasteiger partial charge in [-0.25, -0.2) is 0 Å². The molecule has 0 saturated heterocycles. The fraction of sp³-hybridized carbons (Fsp3) is 0.474. The van der Waals surface area contributed by atoms with Crippen molar-refractivity contribution in [3.05, 3.63) is 36.0 Å². The Hall–Kier alpha value is -2.30. The van der Waals surface area contributed by atoms with E-state index in [1.807, 2.05) is 37.4 Å². The maximum Gasteiger partial charge on any atom is 0.272 e. The van der Waals surface area contributed by atoms with Crippen LogP contribution in [0.2, 0.25) is 0 Å². The van der Waals surface area contributed by atoms with E-state index in [9.17, 15) is 4.79 Å². The third kappa shape index (κ3) is 2.68. The minimum atomic E-state index is -0.0581. The summed E-state index contributed by atoms with van der Waals surface area (Å²) in [6.45, 7) is 0. The summed E-state index contributed by atoms with van der Waals surface area (Å²) in [7, 11) is 3.51. The SMILES string of the molecule is COc1cccc(-c2cc(C(=O)NC3CC4CCC3C4)nn2C)c1. The Morgan fingerprint density at radius 3 is 2.88 bits per heavy atom. The second-order valence-corrected chi connectivity index (χ2v) is 7.03. The first-order valence-electron chi connectivity index (χ1n) is 8.63. The van der Waals surface area contributed by atoms with Crippen LogP contribution in [-0.2, 0) is 7.05 Å². The number of hydrogen-bond acceptors (Lipinski definition) is 3. The highest BCUT2D eigenvalue weighted by atomic mass is 16.5. The molecule has 1 amide bonds. The molecular formula is C19H23N3O2. The Morgan fingerprint density at radius 2 is 2.17 bits per heavy atom. The van der Waals surface area contributed by atoms with Crippen LogP contribution in [0.3, 0.4) is 0 Å². The van der Waals surface area contributed by atoms with Gasteiger partial charge in [0.05, 0.1) is 12.8 Å². The summed E-state index contributed by atoms with van der Waals surface area (Å²) in [6.07, 6.45) is 5.00. The van der Waals surface area contributed by atoms with Gasteiger partial charge < -0.3 is 10.1 Å². The van der Waals surface area contributed by atoms with Crippen molar-refractivity contribution in [1.29, 1.82) is 0 Å². The molecule has 1 heterocycles. The highest BCUT2D eigenvalue weighted by Gasteiger charge is 2.40. The van der Waals surface area contributed by atoms with E-state index in [4.69, 9.17) is 4.74 Å². The molecule has 126 valence electrons. The number of carbonyl (C=O) groups excluding carboxylic acids is 1. The molecule has 2 aromatic rings. The Balaban J connectivity index is 1.53. The first kappa shape index (κ1) is 15.2. The number of amides is 1. The molecule has 3 unspecified atom stereocenters. The fourth-order valence-electron chi connectivity index (χ4n) is 4.29. The summed E-state index contributed by atoms with van der Waals surface area (Å²) in [5.74, 6) is 2.22. The molecule has 2 fully saturated rings. The van der Waals surface area contributed by atoms with Crippen molar-refractivity contribution in [2.75, 3.05) is 7.11 Å².